The predicted octanol–water partition coefficient (Wildman–Crippen LogP) is 2.39. The maximum absolute atomic E-state index is 10.5. The molecule has 0 radical (unpaired) electrons. The van der Waals surface area contributed by atoms with Crippen LogP contribution in [0.4, 0.5) is 0 Å². The van der Waals surface area contributed by atoms with Gasteiger partial charge in [0.05, 0.1) is 5.60 Å². The molecule has 3 nitrogen and oxygen atoms in total. The minimum absolute atomic E-state index is 0.432. The molecule has 0 aromatic rings. The highest BCUT2D eigenvalue weighted by atomic mass is 16.3. The summed E-state index contributed by atoms with van der Waals surface area (Å²) in [6, 6.07) is 1.12. The zero-order valence-corrected chi connectivity index (χ0v) is 12.7. The molecule has 0 spiro atoms. The number of rotatable bonds is 7. The van der Waals surface area contributed by atoms with E-state index in [1.807, 2.05) is 6.92 Å². The molecule has 0 saturated heterocycles. The van der Waals surface area contributed by atoms with Crippen LogP contribution in [0.2, 0.25) is 0 Å². The molecule has 1 unspecified atom stereocenters. The van der Waals surface area contributed by atoms with Gasteiger partial charge in [-0.3, -0.25) is 4.90 Å². The Morgan fingerprint density at radius 2 is 1.89 bits per heavy atom. The van der Waals surface area contributed by atoms with Gasteiger partial charge in [0, 0.05) is 25.2 Å². The highest BCUT2D eigenvalue weighted by Crippen LogP contribution is 2.23. The molecule has 2 N–H and O–H groups in total. The van der Waals surface area contributed by atoms with Crippen molar-refractivity contribution in [3.8, 4) is 0 Å². The molecule has 0 bridgehead atoms. The van der Waals surface area contributed by atoms with Crippen LogP contribution in [0.15, 0.2) is 0 Å². The Kier molecular flexibility index (Phi) is 6.61. The Hall–Kier alpha value is -0.120. The Labute approximate surface area is 113 Å². The van der Waals surface area contributed by atoms with E-state index < -0.39 is 5.60 Å². The van der Waals surface area contributed by atoms with Gasteiger partial charge in [-0.2, -0.15) is 0 Å². The third-order valence-electron chi connectivity index (χ3n) is 3.93. The van der Waals surface area contributed by atoms with Gasteiger partial charge in [0.15, 0.2) is 0 Å². The van der Waals surface area contributed by atoms with Gasteiger partial charge in [0.2, 0.25) is 0 Å². The fourth-order valence-corrected chi connectivity index (χ4v) is 2.86. The lowest BCUT2D eigenvalue weighted by Gasteiger charge is -2.38. The van der Waals surface area contributed by atoms with Crippen molar-refractivity contribution in [3.05, 3.63) is 0 Å². The number of nitrogens with one attached hydrogen (secondary N) is 1. The Bertz CT molecular complexity index is 223. The molecule has 0 amide bonds. The molecule has 108 valence electrons. The van der Waals surface area contributed by atoms with E-state index in [4.69, 9.17) is 0 Å². The summed E-state index contributed by atoms with van der Waals surface area (Å²) in [7, 11) is 0. The number of aliphatic hydroxyl groups is 1. The normalized spacial score (nSPS) is 21.5. The summed E-state index contributed by atoms with van der Waals surface area (Å²) in [4.78, 5) is 2.47. The standard InChI is InChI=1S/C15H32N2O/c1-5-17(14-9-7-6-8-10-14)12-15(4,18)11-16-13(2)3/h13-14,16,18H,5-12H2,1-4H3. The minimum Gasteiger partial charge on any atom is -0.388 e. The van der Waals surface area contributed by atoms with Gasteiger partial charge >= 0.3 is 0 Å². The largest absolute Gasteiger partial charge is 0.388 e. The van der Waals surface area contributed by atoms with E-state index in [0.29, 0.717) is 18.6 Å². The number of likely N-dealkylation sites (N-methyl/N-ethyl adjacent to an activating group) is 1. The smallest absolute Gasteiger partial charge is 0.0869 e. The molecule has 0 heterocycles. The molecule has 1 atom stereocenters. The van der Waals surface area contributed by atoms with E-state index in [2.05, 4.69) is 31.0 Å². The SMILES string of the molecule is CCN(CC(C)(O)CNC(C)C)C1CCCCC1. The average molecular weight is 256 g/mol. The van der Waals surface area contributed by atoms with Crippen molar-refractivity contribution in [3.63, 3.8) is 0 Å². The lowest BCUT2D eigenvalue weighted by atomic mass is 9.93. The van der Waals surface area contributed by atoms with Crippen molar-refractivity contribution in [2.24, 2.45) is 0 Å². The van der Waals surface area contributed by atoms with Gasteiger partial charge in [-0.1, -0.05) is 40.0 Å². The van der Waals surface area contributed by atoms with Gasteiger partial charge in [0.25, 0.3) is 0 Å². The second kappa shape index (κ2) is 7.46. The summed E-state index contributed by atoms with van der Waals surface area (Å²) < 4.78 is 0. The van der Waals surface area contributed by atoms with Crippen molar-refractivity contribution in [2.75, 3.05) is 19.6 Å². The second-order valence-electron chi connectivity index (χ2n) is 6.39. The van der Waals surface area contributed by atoms with E-state index in [9.17, 15) is 5.11 Å². The van der Waals surface area contributed by atoms with Crippen LogP contribution in [0.3, 0.4) is 0 Å². The Balaban J connectivity index is 2.44. The van der Waals surface area contributed by atoms with Crippen molar-refractivity contribution in [2.45, 2.75) is 77.5 Å². The quantitative estimate of drug-likeness (QED) is 0.734. The maximum Gasteiger partial charge on any atom is 0.0869 e. The highest BCUT2D eigenvalue weighted by molar-refractivity contribution is 4.84. The minimum atomic E-state index is -0.627. The first kappa shape index (κ1) is 15.9. The Morgan fingerprint density at radius 1 is 1.28 bits per heavy atom. The lowest BCUT2D eigenvalue weighted by Crippen LogP contribution is -2.51. The van der Waals surface area contributed by atoms with E-state index >= 15 is 0 Å². The molecule has 0 aromatic carbocycles. The Morgan fingerprint density at radius 3 is 2.39 bits per heavy atom. The first-order valence-electron chi connectivity index (χ1n) is 7.64. The summed E-state index contributed by atoms with van der Waals surface area (Å²) in [5.41, 5.74) is -0.627. The van der Waals surface area contributed by atoms with Crippen LogP contribution in [0.5, 0.6) is 0 Å². The second-order valence-corrected chi connectivity index (χ2v) is 6.39. The molecule has 0 aliphatic heterocycles. The number of hydrogen-bond acceptors (Lipinski definition) is 3. The van der Waals surface area contributed by atoms with Crippen molar-refractivity contribution in [1.82, 2.24) is 10.2 Å². The van der Waals surface area contributed by atoms with Gasteiger partial charge < -0.3 is 10.4 Å². The zero-order chi connectivity index (χ0) is 13.6. The molecular weight excluding hydrogens is 224 g/mol. The van der Waals surface area contributed by atoms with Crippen molar-refractivity contribution in [1.29, 1.82) is 0 Å². The molecule has 0 aromatic heterocycles. The van der Waals surface area contributed by atoms with Crippen LogP contribution in [-0.2, 0) is 0 Å². The van der Waals surface area contributed by atoms with E-state index in [1.54, 1.807) is 0 Å². The summed E-state index contributed by atoms with van der Waals surface area (Å²) in [6.45, 7) is 10.9. The lowest BCUT2D eigenvalue weighted by molar-refractivity contribution is 0.00143. The van der Waals surface area contributed by atoms with Gasteiger partial charge in [-0.05, 0) is 26.3 Å². The van der Waals surface area contributed by atoms with Gasteiger partial charge in [-0.15, -0.1) is 0 Å². The number of hydrogen-bond donors (Lipinski definition) is 2. The van der Waals surface area contributed by atoms with Crippen LogP contribution in [0.1, 0.15) is 59.8 Å². The summed E-state index contributed by atoms with van der Waals surface area (Å²) in [5.74, 6) is 0. The van der Waals surface area contributed by atoms with Crippen molar-refractivity contribution < 1.29 is 5.11 Å². The van der Waals surface area contributed by atoms with E-state index in [0.717, 1.165) is 13.1 Å². The fourth-order valence-electron chi connectivity index (χ4n) is 2.86. The summed E-state index contributed by atoms with van der Waals surface area (Å²) in [5, 5.41) is 13.8. The third kappa shape index (κ3) is 5.68. The molecule has 1 rings (SSSR count). The number of nitrogens with zero attached hydrogens (tertiary/aromatic N) is 1. The van der Waals surface area contributed by atoms with Gasteiger partial charge in [-0.25, -0.2) is 0 Å². The maximum atomic E-state index is 10.5. The van der Waals surface area contributed by atoms with Gasteiger partial charge in [0.1, 0.15) is 0 Å². The topological polar surface area (TPSA) is 35.5 Å². The van der Waals surface area contributed by atoms with E-state index in [1.165, 1.54) is 32.1 Å². The first-order chi connectivity index (χ1) is 8.44. The van der Waals surface area contributed by atoms with Crippen LogP contribution in [-0.4, -0.2) is 47.3 Å². The highest BCUT2D eigenvalue weighted by Gasteiger charge is 2.28. The first-order valence-corrected chi connectivity index (χ1v) is 7.64. The third-order valence-corrected chi connectivity index (χ3v) is 3.93. The summed E-state index contributed by atoms with van der Waals surface area (Å²) in [6.07, 6.45) is 6.71. The molecule has 3 heteroatoms. The molecule has 1 aliphatic rings. The molecule has 1 saturated carbocycles. The molecule has 18 heavy (non-hydrogen) atoms. The van der Waals surface area contributed by atoms with Crippen LogP contribution >= 0.6 is 0 Å². The fraction of sp³-hybridized carbons (Fsp3) is 1.00. The van der Waals surface area contributed by atoms with Crippen LogP contribution < -0.4 is 5.32 Å². The predicted molar refractivity (Wildman–Crippen MR) is 77.9 cm³/mol. The summed E-state index contributed by atoms with van der Waals surface area (Å²) >= 11 is 0. The average Bonchev–Trinajstić information content (AvgIpc) is 2.35. The monoisotopic (exact) mass is 256 g/mol. The van der Waals surface area contributed by atoms with Crippen LogP contribution in [0.25, 0.3) is 0 Å². The molecule has 1 aliphatic carbocycles. The van der Waals surface area contributed by atoms with Crippen LogP contribution in [0, 0.1) is 0 Å². The molecular formula is C15H32N2O. The zero-order valence-electron chi connectivity index (χ0n) is 12.7. The van der Waals surface area contributed by atoms with E-state index in [-0.39, 0.29) is 0 Å². The molecule has 1 fully saturated rings. The van der Waals surface area contributed by atoms with Crippen molar-refractivity contribution >= 4 is 0 Å².